The molecule has 0 heterocycles. The minimum absolute atomic E-state index is 0.224. The van der Waals surface area contributed by atoms with Crippen LogP contribution in [0.3, 0.4) is 0 Å². The summed E-state index contributed by atoms with van der Waals surface area (Å²) in [4.78, 5) is 2.34. The van der Waals surface area contributed by atoms with Crippen LogP contribution in [0.25, 0.3) is 0 Å². The molecule has 0 bridgehead atoms. The van der Waals surface area contributed by atoms with Crippen molar-refractivity contribution in [3.05, 3.63) is 35.1 Å². The van der Waals surface area contributed by atoms with E-state index in [-0.39, 0.29) is 12.4 Å². The predicted molar refractivity (Wildman–Crippen MR) is 76.3 cm³/mol. The molecule has 0 fully saturated rings. The van der Waals surface area contributed by atoms with E-state index in [9.17, 15) is 4.39 Å². The van der Waals surface area contributed by atoms with Crippen LogP contribution >= 0.6 is 0 Å². The molecule has 4 heteroatoms. The molecule has 0 saturated heterocycles. The van der Waals surface area contributed by atoms with Gasteiger partial charge in [0.1, 0.15) is 5.82 Å². The predicted octanol–water partition coefficient (Wildman–Crippen LogP) is 2.53. The van der Waals surface area contributed by atoms with Crippen molar-refractivity contribution in [2.45, 2.75) is 39.4 Å². The third-order valence-electron chi connectivity index (χ3n) is 3.51. The van der Waals surface area contributed by atoms with Crippen LogP contribution in [0.1, 0.15) is 31.4 Å². The second-order valence-corrected chi connectivity index (χ2v) is 4.85. The summed E-state index contributed by atoms with van der Waals surface area (Å²) >= 11 is 0. The number of hydrogen-bond acceptors (Lipinski definition) is 3. The maximum absolute atomic E-state index is 13.4. The van der Waals surface area contributed by atoms with Gasteiger partial charge in [-0.3, -0.25) is 4.90 Å². The molecule has 1 atom stereocenters. The topological polar surface area (TPSA) is 38.5 Å². The van der Waals surface area contributed by atoms with Gasteiger partial charge in [-0.1, -0.05) is 19.1 Å². The Morgan fingerprint density at radius 3 is 2.74 bits per heavy atom. The summed E-state index contributed by atoms with van der Waals surface area (Å²) < 4.78 is 18.6. The molecular weight excluding hydrogens is 243 g/mol. The number of halogens is 1. The largest absolute Gasteiger partial charge is 0.383 e. The molecule has 3 nitrogen and oxygen atoms in total. The number of methoxy groups -OCH3 is 1. The Balaban J connectivity index is 2.77. The minimum Gasteiger partial charge on any atom is -0.383 e. The maximum Gasteiger partial charge on any atom is 0.127 e. The molecule has 2 N–H and O–H groups in total. The normalized spacial score (nSPS) is 12.9. The average Bonchev–Trinajstić information content (AvgIpc) is 2.44. The first-order valence-electron chi connectivity index (χ1n) is 6.82. The minimum atomic E-state index is -0.224. The zero-order chi connectivity index (χ0) is 14.3. The van der Waals surface area contributed by atoms with Gasteiger partial charge >= 0.3 is 0 Å². The summed E-state index contributed by atoms with van der Waals surface area (Å²) in [5.74, 6) is -0.224. The summed E-state index contributed by atoms with van der Waals surface area (Å²) in [5.41, 5.74) is 7.22. The number of nitrogens with two attached hydrogens (primary N) is 1. The van der Waals surface area contributed by atoms with E-state index in [0.717, 1.165) is 25.1 Å². The fourth-order valence-electron chi connectivity index (χ4n) is 2.04. The highest BCUT2D eigenvalue weighted by atomic mass is 19.1. The first-order valence-corrected chi connectivity index (χ1v) is 6.82. The van der Waals surface area contributed by atoms with Gasteiger partial charge in [0.2, 0.25) is 0 Å². The summed E-state index contributed by atoms with van der Waals surface area (Å²) in [6.07, 6.45) is 1.08. The van der Waals surface area contributed by atoms with Crippen LogP contribution in [0, 0.1) is 5.82 Å². The second kappa shape index (κ2) is 8.25. The SMILES string of the molecule is CCC(C)N(CCOC)Cc1ccc(F)c(CN)c1. The smallest absolute Gasteiger partial charge is 0.127 e. The molecule has 1 aromatic carbocycles. The highest BCUT2D eigenvalue weighted by Gasteiger charge is 2.13. The summed E-state index contributed by atoms with van der Waals surface area (Å²) in [5, 5.41) is 0. The van der Waals surface area contributed by atoms with Crippen LogP contribution in [0.4, 0.5) is 4.39 Å². The van der Waals surface area contributed by atoms with Gasteiger partial charge in [0.05, 0.1) is 6.61 Å². The van der Waals surface area contributed by atoms with Crippen molar-refractivity contribution in [1.29, 1.82) is 0 Å². The number of ether oxygens (including phenoxy) is 1. The number of nitrogens with zero attached hydrogens (tertiary/aromatic N) is 1. The van der Waals surface area contributed by atoms with Gasteiger partial charge in [-0.05, 0) is 25.0 Å². The van der Waals surface area contributed by atoms with Gasteiger partial charge in [0.25, 0.3) is 0 Å². The van der Waals surface area contributed by atoms with Crippen LogP contribution in [0.15, 0.2) is 18.2 Å². The van der Waals surface area contributed by atoms with Crippen LogP contribution < -0.4 is 5.73 Å². The molecule has 0 saturated carbocycles. The standard InChI is InChI=1S/C15H25FN2O/c1-4-12(2)18(7-8-19-3)11-13-5-6-15(16)14(9-13)10-17/h5-6,9,12H,4,7-8,10-11,17H2,1-3H3. The lowest BCUT2D eigenvalue weighted by Gasteiger charge is -2.28. The molecule has 1 aromatic rings. The Hall–Kier alpha value is -0.970. The van der Waals surface area contributed by atoms with Crippen molar-refractivity contribution in [1.82, 2.24) is 4.90 Å². The van der Waals surface area contributed by atoms with Gasteiger partial charge in [0.15, 0.2) is 0 Å². The maximum atomic E-state index is 13.4. The third-order valence-corrected chi connectivity index (χ3v) is 3.51. The van der Waals surface area contributed by atoms with E-state index >= 15 is 0 Å². The van der Waals surface area contributed by atoms with Gasteiger partial charge in [-0.15, -0.1) is 0 Å². The summed E-state index contributed by atoms with van der Waals surface area (Å²) in [6.45, 7) is 6.98. The van der Waals surface area contributed by atoms with Crippen LogP contribution in [0.2, 0.25) is 0 Å². The van der Waals surface area contributed by atoms with Crippen molar-refractivity contribution in [2.24, 2.45) is 5.73 Å². The van der Waals surface area contributed by atoms with E-state index in [2.05, 4.69) is 18.7 Å². The fourth-order valence-corrected chi connectivity index (χ4v) is 2.04. The second-order valence-electron chi connectivity index (χ2n) is 4.85. The molecule has 0 aliphatic heterocycles. The Bertz CT molecular complexity index is 384. The van der Waals surface area contributed by atoms with E-state index < -0.39 is 0 Å². The highest BCUT2D eigenvalue weighted by molar-refractivity contribution is 5.25. The molecular formula is C15H25FN2O. The van der Waals surface area contributed by atoms with Crippen molar-refractivity contribution in [2.75, 3.05) is 20.3 Å². The van der Waals surface area contributed by atoms with Gasteiger partial charge in [-0.2, -0.15) is 0 Å². The van der Waals surface area contributed by atoms with E-state index in [1.54, 1.807) is 7.11 Å². The molecule has 1 rings (SSSR count). The zero-order valence-electron chi connectivity index (χ0n) is 12.2. The van der Waals surface area contributed by atoms with E-state index in [4.69, 9.17) is 10.5 Å². The van der Waals surface area contributed by atoms with E-state index in [1.807, 2.05) is 12.1 Å². The fraction of sp³-hybridized carbons (Fsp3) is 0.600. The summed E-state index contributed by atoms with van der Waals surface area (Å²) in [6, 6.07) is 5.66. The van der Waals surface area contributed by atoms with Crippen LogP contribution in [-0.4, -0.2) is 31.2 Å². The number of benzene rings is 1. The van der Waals surface area contributed by atoms with Gasteiger partial charge in [-0.25, -0.2) is 4.39 Å². The van der Waals surface area contributed by atoms with E-state index in [1.165, 1.54) is 6.07 Å². The first kappa shape index (κ1) is 16.1. The lowest BCUT2D eigenvalue weighted by molar-refractivity contribution is 0.118. The Morgan fingerprint density at radius 2 is 2.16 bits per heavy atom. The van der Waals surface area contributed by atoms with Gasteiger partial charge in [0, 0.05) is 38.3 Å². The van der Waals surface area contributed by atoms with Crippen molar-refractivity contribution in [3.8, 4) is 0 Å². The number of rotatable bonds is 8. The Kier molecular flexibility index (Phi) is 6.99. The average molecular weight is 268 g/mol. The molecule has 0 aliphatic carbocycles. The zero-order valence-corrected chi connectivity index (χ0v) is 12.2. The lowest BCUT2D eigenvalue weighted by atomic mass is 10.1. The molecule has 0 aromatic heterocycles. The molecule has 0 spiro atoms. The third kappa shape index (κ3) is 4.90. The lowest BCUT2D eigenvalue weighted by Crippen LogP contribution is -2.34. The summed E-state index contributed by atoms with van der Waals surface area (Å²) in [7, 11) is 1.71. The molecule has 1 unspecified atom stereocenters. The van der Waals surface area contributed by atoms with Gasteiger partial charge < -0.3 is 10.5 Å². The Morgan fingerprint density at radius 1 is 1.42 bits per heavy atom. The monoisotopic (exact) mass is 268 g/mol. The molecule has 0 amide bonds. The van der Waals surface area contributed by atoms with Crippen LogP contribution in [-0.2, 0) is 17.8 Å². The van der Waals surface area contributed by atoms with Crippen LogP contribution in [0.5, 0.6) is 0 Å². The molecule has 19 heavy (non-hydrogen) atoms. The van der Waals surface area contributed by atoms with E-state index in [0.29, 0.717) is 18.2 Å². The first-order chi connectivity index (χ1) is 9.12. The van der Waals surface area contributed by atoms with Crippen molar-refractivity contribution in [3.63, 3.8) is 0 Å². The van der Waals surface area contributed by atoms with Crippen molar-refractivity contribution < 1.29 is 9.13 Å². The highest BCUT2D eigenvalue weighted by Crippen LogP contribution is 2.14. The quantitative estimate of drug-likeness (QED) is 0.787. The number of hydrogen-bond donors (Lipinski definition) is 1. The van der Waals surface area contributed by atoms with Crippen molar-refractivity contribution >= 4 is 0 Å². The molecule has 0 aliphatic rings. The molecule has 108 valence electrons. The Labute approximate surface area is 115 Å². The molecule has 0 radical (unpaired) electrons.